The molecule has 10 aromatic rings. The van der Waals surface area contributed by atoms with Gasteiger partial charge in [0.15, 0.2) is 0 Å². The van der Waals surface area contributed by atoms with Crippen LogP contribution in [-0.2, 0) is 22.9 Å². The molecule has 0 bridgehead atoms. The Morgan fingerprint density at radius 1 is 0.327 bits per heavy atom. The van der Waals surface area contributed by atoms with E-state index in [0.717, 1.165) is 118 Å². The Morgan fingerprint density at radius 2 is 0.619 bits per heavy atom. The maximum atomic E-state index is 11.6. The molecule has 0 aromatic heterocycles. The summed E-state index contributed by atoms with van der Waals surface area (Å²) in [6.45, 7) is 21.2. The molecule has 0 aliphatic heterocycles. The van der Waals surface area contributed by atoms with Gasteiger partial charge in [-0.05, 0) is 123 Å². The molecule has 29 radical (unpaired) electrons. The first kappa shape index (κ1) is 93.9. The molecule has 0 fully saturated rings. The quantitative estimate of drug-likeness (QED) is 0.0257. The van der Waals surface area contributed by atoms with Crippen molar-refractivity contribution >= 4 is 224 Å². The number of phenols is 3. The highest BCUT2D eigenvalue weighted by Crippen LogP contribution is 2.48. The number of ether oxygens (including phenoxy) is 3. The van der Waals surface area contributed by atoms with Crippen molar-refractivity contribution < 1.29 is 29.5 Å². The third kappa shape index (κ3) is 26.1. The SMILES string of the molecule is BrCBr.CC(C)(C)c1cc(-c2ccccc2)c(O)c(-c2ccccc2OCCCCOc2ccccc2-c2cc(C(C)(C)C)cc(-c3ccccc3)c2O)c1.CC(C)(C)c1cc(-c2ccccc2)c(OCc2ccccc2)c(-c2ccccc2O)c1.[B][B]B([B])B(B(B([B])[B])B([B])[B])B(B(B([B])[B])B([B])[B])B(B([B])[B])B([B])[B]. The summed E-state index contributed by atoms with van der Waals surface area (Å²) < 4.78 is 20.1. The van der Waals surface area contributed by atoms with Gasteiger partial charge in [-0.2, -0.15) is 0 Å². The highest BCUT2D eigenvalue weighted by Gasteiger charge is 2.50. The standard InChI is InChI=1S/C48H50O4.C29H28O2.CH2Br2.B27/c1-47(2,3)35-29-39(33-19-9-7-10-20-33)45(49)41(31-35)37-23-13-15-25-43(37)51-27-17-18-28-52-44-26-16-14-24-38(44)42-32-36(48(4,5)6)30-40(46(42)50)34-21-11-8-12-22-34;1-29(2,3)23-18-25(22-14-8-5-9-15-22)28(31-20-21-12-6-4-7-13-21)26(19-23)24-16-10-11-17-27(24)30;2-1-3;1-15-22(14)26(23(16(2)3)17(4)5)27(24(18(6)7)19(8)9)25(20(10)11)21(12)13/h7-16,19-26,29-32,49-50H,17-18,27-28H2,1-6H3;4-19,30H,20H2,1-3H3;1H2;. The van der Waals surface area contributed by atoms with Crippen molar-refractivity contribution in [3.63, 3.8) is 0 Å². The lowest BCUT2D eigenvalue weighted by molar-refractivity contribution is 0.267. The van der Waals surface area contributed by atoms with Crippen LogP contribution in [0, 0.1) is 0 Å². The zero-order valence-electron chi connectivity index (χ0n) is 66.6. The number of hydrogen-bond donors (Lipinski definition) is 3. The van der Waals surface area contributed by atoms with Crippen LogP contribution in [0.5, 0.6) is 34.5 Å². The Bertz CT molecular complexity index is 4370. The van der Waals surface area contributed by atoms with Gasteiger partial charge in [-0.25, -0.2) is 0 Å². The van der Waals surface area contributed by atoms with E-state index < -0.39 is 76.6 Å². The number of unbranched alkanes of at least 4 members (excludes halogenated alkanes) is 1. The summed E-state index contributed by atoms with van der Waals surface area (Å²) in [6, 6.07) is 76.6. The minimum atomic E-state index is -0.994. The van der Waals surface area contributed by atoms with Crippen LogP contribution < -0.4 is 14.2 Å². The Kier molecular flexibility index (Phi) is 36.8. The van der Waals surface area contributed by atoms with Crippen LogP contribution in [-0.4, -0.2) is 225 Å². The van der Waals surface area contributed by atoms with Gasteiger partial charge in [0.25, 0.3) is 0 Å². The highest BCUT2D eigenvalue weighted by atomic mass is 79.9. The molecule has 10 rings (SSSR count). The number of rotatable bonds is 28. The summed E-state index contributed by atoms with van der Waals surface area (Å²) in [4.78, 5) is 0. The third-order valence-corrected chi connectivity index (χ3v) is 20.1. The number of benzene rings is 10. The van der Waals surface area contributed by atoms with Crippen molar-refractivity contribution in [2.24, 2.45) is 0 Å². The summed E-state index contributed by atoms with van der Waals surface area (Å²) >= 11 is 6.12. The van der Waals surface area contributed by atoms with Gasteiger partial charge >= 0.3 is 0 Å². The largest absolute Gasteiger partial charge is 0.507 e. The Morgan fingerprint density at radius 3 is 0.965 bits per heavy atom. The van der Waals surface area contributed by atoms with Crippen molar-refractivity contribution in [1.29, 1.82) is 0 Å². The van der Waals surface area contributed by atoms with Crippen LogP contribution in [0.15, 0.2) is 231 Å². The van der Waals surface area contributed by atoms with Gasteiger partial charge in [-0.15, -0.1) is 0 Å². The number of halogens is 2. The highest BCUT2D eigenvalue weighted by molar-refractivity contribution is 9.24. The molecule has 0 spiro atoms. The topological polar surface area (TPSA) is 88.4 Å². The molecule has 0 saturated heterocycles. The van der Waals surface area contributed by atoms with Gasteiger partial charge in [0.2, 0.25) is 0 Å². The van der Waals surface area contributed by atoms with Crippen LogP contribution >= 0.6 is 31.9 Å². The van der Waals surface area contributed by atoms with Crippen molar-refractivity contribution in [2.75, 3.05) is 17.5 Å². The van der Waals surface area contributed by atoms with E-state index in [2.05, 4.69) is 155 Å². The lowest BCUT2D eigenvalue weighted by Gasteiger charge is -2.48. The van der Waals surface area contributed by atoms with E-state index >= 15 is 0 Å². The van der Waals surface area contributed by atoms with E-state index in [9.17, 15) is 15.3 Å². The van der Waals surface area contributed by atoms with E-state index in [-0.39, 0.29) is 33.5 Å². The van der Waals surface area contributed by atoms with Gasteiger partial charge in [0.1, 0.15) is 41.1 Å². The van der Waals surface area contributed by atoms with Crippen molar-refractivity contribution in [3.05, 3.63) is 253 Å². The normalized spacial score (nSPS) is 10.9. The van der Waals surface area contributed by atoms with Crippen LogP contribution in [0.2, 0.25) is 0 Å². The average Bonchev–Trinajstić information content (AvgIpc) is 0.789. The Labute approximate surface area is 717 Å². The number of hydrogen-bond acceptors (Lipinski definition) is 6. The van der Waals surface area contributed by atoms with Crippen molar-refractivity contribution in [2.45, 2.75) is 98.0 Å². The van der Waals surface area contributed by atoms with Gasteiger partial charge in [-0.3, -0.25) is 0 Å². The molecule has 0 unspecified atom stereocenters. The molecule has 113 heavy (non-hydrogen) atoms. The molecule has 35 heteroatoms. The van der Waals surface area contributed by atoms with Crippen LogP contribution in [0.3, 0.4) is 0 Å². The number of alkyl halides is 2. The fourth-order valence-electron chi connectivity index (χ4n) is 14.1. The van der Waals surface area contributed by atoms with Gasteiger partial charge < -0.3 is 29.5 Å². The smallest absolute Gasteiger partial charge is 0.135 e. The first-order valence-electron chi connectivity index (χ1n) is 38.0. The number of phenolic OH excluding ortho intramolecular Hbond substituents is 3. The van der Waals surface area contributed by atoms with Gasteiger partial charge in [0.05, 0.1) is 17.5 Å². The second-order valence-electron chi connectivity index (χ2n) is 31.5. The second-order valence-corrected chi connectivity index (χ2v) is 34.1. The molecule has 0 aliphatic rings. The summed E-state index contributed by atoms with van der Waals surface area (Å²) in [7, 11) is 84.5. The Hall–Kier alpha value is -6.29. The zero-order chi connectivity index (χ0) is 83.1. The molecule has 0 amide bonds. The first-order valence-corrected chi connectivity index (χ1v) is 40.3. The average molecular weight is 1570 g/mol. The van der Waals surface area contributed by atoms with E-state index in [1.54, 1.807) is 6.07 Å². The fourth-order valence-corrected chi connectivity index (χ4v) is 14.1. The van der Waals surface area contributed by atoms with Crippen LogP contribution in [0.1, 0.15) is 97.4 Å². The molecule has 0 heterocycles. The minimum absolute atomic E-state index is 0.0549. The molecule has 10 aromatic carbocycles. The summed E-state index contributed by atoms with van der Waals surface area (Å²) in [5, 5.41) is 33.9. The molecule has 6 nitrogen and oxygen atoms in total. The van der Waals surface area contributed by atoms with E-state index in [4.69, 9.17) is 123 Å². The van der Waals surface area contributed by atoms with Gasteiger partial charge in [-0.1, -0.05) is 270 Å². The van der Waals surface area contributed by atoms with Crippen molar-refractivity contribution in [1.82, 2.24) is 0 Å². The van der Waals surface area contributed by atoms with Crippen LogP contribution in [0.25, 0.3) is 66.8 Å². The summed E-state index contributed by atoms with van der Waals surface area (Å²) in [6.07, 6.45) is -8.97. The fraction of sp³-hybridized carbons (Fsp3) is 0.231. The predicted octanol–water partition coefficient (Wildman–Crippen LogP) is 11.7. The molecular formula is C78H80B27Br2O6. The van der Waals surface area contributed by atoms with E-state index in [0.29, 0.717) is 19.8 Å². The third-order valence-electron chi connectivity index (χ3n) is 20.1. The molecular weight excluding hydrogens is 1480 g/mol. The minimum Gasteiger partial charge on any atom is -0.507 e. The molecule has 0 saturated carbocycles. The van der Waals surface area contributed by atoms with E-state index in [1.807, 2.05) is 164 Å². The lowest BCUT2D eigenvalue weighted by Crippen LogP contribution is -2.86. The molecule has 0 atom stereocenters. The summed E-state index contributed by atoms with van der Waals surface area (Å²) in [5.41, 5.74) is 14.9. The molecule has 3 N–H and O–H groups in total. The summed E-state index contributed by atoms with van der Waals surface area (Å²) in [5.74, 6) is 2.99. The molecule has 523 valence electrons. The first-order chi connectivity index (χ1) is 53.5. The van der Waals surface area contributed by atoms with E-state index in [1.165, 1.54) is 12.6 Å². The predicted molar refractivity (Wildman–Crippen MR) is 522 cm³/mol. The number of para-hydroxylation sites is 3. The monoisotopic (exact) mass is 1570 g/mol. The lowest BCUT2D eigenvalue weighted by atomic mass is 8.33. The van der Waals surface area contributed by atoms with Crippen molar-refractivity contribution in [3.8, 4) is 101 Å². The van der Waals surface area contributed by atoms with Crippen LogP contribution in [0.4, 0.5) is 0 Å². The molecule has 0 aliphatic carbocycles. The van der Waals surface area contributed by atoms with Gasteiger partial charge in [0, 0.05) is 242 Å². The maximum absolute atomic E-state index is 11.6. The zero-order valence-corrected chi connectivity index (χ0v) is 69.8. The number of aromatic hydroxyl groups is 3. The second kappa shape index (κ2) is 44.3. The maximum Gasteiger partial charge on any atom is 0.135 e. The Balaban J connectivity index is 0.000000248.